The van der Waals surface area contributed by atoms with E-state index in [1.165, 1.54) is 4.88 Å². The second kappa shape index (κ2) is 8.02. The molecule has 144 valence electrons. The van der Waals surface area contributed by atoms with Gasteiger partial charge in [0.15, 0.2) is 0 Å². The van der Waals surface area contributed by atoms with Crippen LogP contribution in [0.5, 0.6) is 5.75 Å². The lowest BCUT2D eigenvalue weighted by atomic mass is 10.1. The standard InChI is InChI=1S/C22H23N3O2S/c1-3-27-18-11-5-4-10-17(18)24-21(26)20-16-9-6-12-19(16)28-22(20)23-14-15-8-7-13-25(15)2/h4-5,7-8,10-11,13-14H,3,6,9,12H2,1-2H3,(H,24,26). The highest BCUT2D eigenvalue weighted by molar-refractivity contribution is 7.16. The van der Waals surface area contributed by atoms with Gasteiger partial charge in [-0.3, -0.25) is 4.79 Å². The molecule has 0 saturated heterocycles. The van der Waals surface area contributed by atoms with Gasteiger partial charge in [-0.15, -0.1) is 11.3 Å². The van der Waals surface area contributed by atoms with E-state index in [4.69, 9.17) is 4.74 Å². The maximum absolute atomic E-state index is 13.2. The molecule has 0 bridgehead atoms. The number of aryl methyl sites for hydroxylation is 2. The molecule has 0 spiro atoms. The monoisotopic (exact) mass is 393 g/mol. The van der Waals surface area contributed by atoms with Crippen LogP contribution in [0.2, 0.25) is 0 Å². The summed E-state index contributed by atoms with van der Waals surface area (Å²) in [6.45, 7) is 2.48. The molecule has 0 radical (unpaired) electrons. The number of nitrogens with one attached hydrogen (secondary N) is 1. The van der Waals surface area contributed by atoms with Crippen molar-refractivity contribution in [3.05, 3.63) is 64.3 Å². The van der Waals surface area contributed by atoms with Crippen LogP contribution in [0.1, 0.15) is 39.8 Å². The average Bonchev–Trinajstić information content (AvgIpc) is 3.37. The van der Waals surface area contributed by atoms with Gasteiger partial charge in [0.25, 0.3) is 5.91 Å². The van der Waals surface area contributed by atoms with E-state index in [2.05, 4.69) is 10.3 Å². The number of para-hydroxylation sites is 2. The molecule has 1 N–H and O–H groups in total. The van der Waals surface area contributed by atoms with Gasteiger partial charge in [-0.25, -0.2) is 4.99 Å². The Bertz CT molecular complexity index is 1030. The predicted molar refractivity (Wildman–Crippen MR) is 115 cm³/mol. The van der Waals surface area contributed by atoms with E-state index in [-0.39, 0.29) is 5.91 Å². The molecule has 5 nitrogen and oxygen atoms in total. The summed E-state index contributed by atoms with van der Waals surface area (Å²) in [4.78, 5) is 19.2. The number of carbonyl (C=O) groups excluding carboxylic acids is 1. The summed E-state index contributed by atoms with van der Waals surface area (Å²) in [5, 5.41) is 3.81. The summed E-state index contributed by atoms with van der Waals surface area (Å²) < 4.78 is 7.65. The van der Waals surface area contributed by atoms with Crippen molar-refractivity contribution in [1.82, 2.24) is 4.57 Å². The largest absolute Gasteiger partial charge is 0.492 e. The summed E-state index contributed by atoms with van der Waals surface area (Å²) in [6.07, 6.45) is 6.86. The van der Waals surface area contributed by atoms with Gasteiger partial charge in [0.05, 0.1) is 29.8 Å². The Kier molecular flexibility index (Phi) is 5.30. The van der Waals surface area contributed by atoms with E-state index in [0.29, 0.717) is 23.6 Å². The minimum atomic E-state index is -0.120. The SMILES string of the molecule is CCOc1ccccc1NC(=O)c1c(N=Cc2cccn2C)sc2c1CCC2. The number of ether oxygens (including phenoxy) is 1. The highest BCUT2D eigenvalue weighted by Gasteiger charge is 2.27. The van der Waals surface area contributed by atoms with Crippen molar-refractivity contribution in [2.24, 2.45) is 12.0 Å². The Morgan fingerprint density at radius 1 is 1.29 bits per heavy atom. The zero-order chi connectivity index (χ0) is 19.5. The molecule has 0 aliphatic heterocycles. The minimum absolute atomic E-state index is 0.120. The number of carbonyl (C=O) groups is 1. The van der Waals surface area contributed by atoms with E-state index in [0.717, 1.165) is 35.5 Å². The Morgan fingerprint density at radius 2 is 2.14 bits per heavy atom. The first-order chi connectivity index (χ1) is 13.7. The molecule has 1 aliphatic rings. The highest BCUT2D eigenvalue weighted by Crippen LogP contribution is 2.41. The lowest BCUT2D eigenvalue weighted by Crippen LogP contribution is -2.14. The smallest absolute Gasteiger partial charge is 0.259 e. The second-order valence-electron chi connectivity index (χ2n) is 6.72. The molecule has 0 atom stereocenters. The van der Waals surface area contributed by atoms with Gasteiger partial charge in [0.2, 0.25) is 0 Å². The van der Waals surface area contributed by atoms with Gasteiger partial charge in [0.1, 0.15) is 10.8 Å². The number of aliphatic imine (C=N–C) groups is 1. The normalized spacial score (nSPS) is 13.1. The molecule has 3 aromatic rings. The van der Waals surface area contributed by atoms with Crippen molar-refractivity contribution in [2.75, 3.05) is 11.9 Å². The number of nitrogens with zero attached hydrogens (tertiary/aromatic N) is 2. The van der Waals surface area contributed by atoms with Crippen molar-refractivity contribution in [3.63, 3.8) is 0 Å². The zero-order valence-corrected chi connectivity index (χ0v) is 16.9. The summed E-state index contributed by atoms with van der Waals surface area (Å²) in [7, 11) is 1.98. The summed E-state index contributed by atoms with van der Waals surface area (Å²) >= 11 is 1.63. The maximum atomic E-state index is 13.2. The van der Waals surface area contributed by atoms with E-state index < -0.39 is 0 Å². The Morgan fingerprint density at radius 3 is 2.93 bits per heavy atom. The first-order valence-electron chi connectivity index (χ1n) is 9.50. The fraction of sp³-hybridized carbons (Fsp3) is 0.273. The van der Waals surface area contributed by atoms with Crippen molar-refractivity contribution < 1.29 is 9.53 Å². The van der Waals surface area contributed by atoms with Gasteiger partial charge < -0.3 is 14.6 Å². The van der Waals surface area contributed by atoms with E-state index in [1.807, 2.05) is 67.3 Å². The van der Waals surface area contributed by atoms with Crippen LogP contribution in [-0.4, -0.2) is 23.3 Å². The van der Waals surface area contributed by atoms with Crippen molar-refractivity contribution in [3.8, 4) is 5.75 Å². The number of hydrogen-bond acceptors (Lipinski definition) is 4. The van der Waals surface area contributed by atoms with Crippen LogP contribution in [0.25, 0.3) is 0 Å². The third-order valence-electron chi connectivity index (χ3n) is 4.86. The topological polar surface area (TPSA) is 55.6 Å². The van der Waals surface area contributed by atoms with Gasteiger partial charge in [-0.05, 0) is 56.0 Å². The minimum Gasteiger partial charge on any atom is -0.492 e. The molecule has 2 aromatic heterocycles. The van der Waals surface area contributed by atoms with Gasteiger partial charge in [-0.1, -0.05) is 12.1 Å². The Labute approximate surface area is 168 Å². The van der Waals surface area contributed by atoms with Crippen LogP contribution < -0.4 is 10.1 Å². The number of anilines is 1. The number of rotatable bonds is 6. The van der Waals surface area contributed by atoms with E-state index in [9.17, 15) is 4.79 Å². The molecule has 0 saturated carbocycles. The molecule has 1 aromatic carbocycles. The van der Waals surface area contributed by atoms with Gasteiger partial charge in [0, 0.05) is 18.1 Å². The van der Waals surface area contributed by atoms with Crippen molar-refractivity contribution >= 4 is 34.1 Å². The molecule has 0 unspecified atom stereocenters. The molecule has 28 heavy (non-hydrogen) atoms. The maximum Gasteiger partial charge on any atom is 0.259 e. The predicted octanol–water partition coefficient (Wildman–Crippen LogP) is 4.98. The summed E-state index contributed by atoms with van der Waals surface area (Å²) in [5.41, 5.74) is 3.54. The van der Waals surface area contributed by atoms with Crippen molar-refractivity contribution in [1.29, 1.82) is 0 Å². The summed E-state index contributed by atoms with van der Waals surface area (Å²) in [6, 6.07) is 11.5. The number of fused-ring (bicyclic) bond motifs is 1. The third-order valence-corrected chi connectivity index (χ3v) is 6.06. The second-order valence-corrected chi connectivity index (χ2v) is 7.81. The van der Waals surface area contributed by atoms with Crippen LogP contribution in [0.3, 0.4) is 0 Å². The van der Waals surface area contributed by atoms with Gasteiger partial charge >= 0.3 is 0 Å². The van der Waals surface area contributed by atoms with Crippen molar-refractivity contribution in [2.45, 2.75) is 26.2 Å². The summed E-state index contributed by atoms with van der Waals surface area (Å²) in [5.74, 6) is 0.560. The highest BCUT2D eigenvalue weighted by atomic mass is 32.1. The first kappa shape index (κ1) is 18.5. The molecule has 0 fully saturated rings. The number of aromatic nitrogens is 1. The van der Waals surface area contributed by atoms with Crippen LogP contribution in [0, 0.1) is 0 Å². The van der Waals surface area contributed by atoms with Gasteiger partial charge in [-0.2, -0.15) is 0 Å². The molecule has 1 amide bonds. The van der Waals surface area contributed by atoms with Crippen LogP contribution >= 0.6 is 11.3 Å². The van der Waals surface area contributed by atoms with E-state index in [1.54, 1.807) is 11.3 Å². The molecule has 6 heteroatoms. The zero-order valence-electron chi connectivity index (χ0n) is 16.1. The average molecular weight is 394 g/mol. The molecule has 1 aliphatic carbocycles. The quantitative estimate of drug-likeness (QED) is 0.601. The molecule has 2 heterocycles. The number of benzene rings is 1. The fourth-order valence-electron chi connectivity index (χ4n) is 3.48. The number of hydrogen-bond donors (Lipinski definition) is 1. The number of thiophene rings is 1. The molecular weight excluding hydrogens is 370 g/mol. The van der Waals surface area contributed by atoms with Crippen LogP contribution in [0.15, 0.2) is 47.6 Å². The lowest BCUT2D eigenvalue weighted by molar-refractivity contribution is 0.102. The number of amides is 1. The third kappa shape index (κ3) is 3.60. The molecular formula is C22H23N3O2S. The molecule has 4 rings (SSSR count). The lowest BCUT2D eigenvalue weighted by Gasteiger charge is -2.12. The van der Waals surface area contributed by atoms with Crippen LogP contribution in [-0.2, 0) is 19.9 Å². The van der Waals surface area contributed by atoms with E-state index >= 15 is 0 Å². The Balaban J connectivity index is 1.66. The Hall–Kier alpha value is -2.86. The first-order valence-corrected chi connectivity index (χ1v) is 10.3. The van der Waals surface area contributed by atoms with Crippen LogP contribution in [0.4, 0.5) is 10.7 Å². The fourth-order valence-corrected chi connectivity index (χ4v) is 4.71.